The highest BCUT2D eigenvalue weighted by atomic mass is 16.2. The number of nitrogens with one attached hydrogen (secondary N) is 2. The van der Waals surface area contributed by atoms with E-state index in [0.717, 1.165) is 5.56 Å². The maximum absolute atomic E-state index is 11.8. The molecule has 0 heterocycles. The first-order valence-corrected chi connectivity index (χ1v) is 7.79. The van der Waals surface area contributed by atoms with Gasteiger partial charge in [-0.1, -0.05) is 36.3 Å². The molecule has 0 radical (unpaired) electrons. The van der Waals surface area contributed by atoms with E-state index < -0.39 is 0 Å². The predicted octanol–water partition coefficient (Wildman–Crippen LogP) is 0.681. The quantitative estimate of drug-likeness (QED) is 0.654. The van der Waals surface area contributed by atoms with Gasteiger partial charge < -0.3 is 15.5 Å². The van der Waals surface area contributed by atoms with Crippen LogP contribution in [0.5, 0.6) is 0 Å². The molecule has 6 heteroatoms. The van der Waals surface area contributed by atoms with Crippen molar-refractivity contribution in [2.45, 2.75) is 26.3 Å². The fourth-order valence-corrected chi connectivity index (χ4v) is 2.03. The van der Waals surface area contributed by atoms with Crippen LogP contribution < -0.4 is 10.6 Å². The van der Waals surface area contributed by atoms with Crippen molar-refractivity contribution < 1.29 is 14.4 Å². The third-order valence-corrected chi connectivity index (χ3v) is 3.33. The summed E-state index contributed by atoms with van der Waals surface area (Å²) < 4.78 is 0. The summed E-state index contributed by atoms with van der Waals surface area (Å²) in [5, 5.41) is 5.18. The molecule has 1 rings (SSSR count). The van der Waals surface area contributed by atoms with Crippen LogP contribution >= 0.6 is 0 Å². The van der Waals surface area contributed by atoms with Crippen LogP contribution in [0.25, 0.3) is 0 Å². The molecular weight excluding hydrogens is 306 g/mol. The monoisotopic (exact) mass is 329 g/mol. The zero-order valence-corrected chi connectivity index (χ0v) is 13.9. The first-order valence-electron chi connectivity index (χ1n) is 7.79. The van der Waals surface area contributed by atoms with E-state index in [-0.39, 0.29) is 43.7 Å². The molecule has 3 amide bonds. The van der Waals surface area contributed by atoms with E-state index in [1.165, 1.54) is 6.92 Å². The second-order valence-corrected chi connectivity index (χ2v) is 5.26. The van der Waals surface area contributed by atoms with Gasteiger partial charge in [0.25, 0.3) is 0 Å². The molecule has 128 valence electrons. The molecule has 0 saturated heterocycles. The van der Waals surface area contributed by atoms with E-state index in [9.17, 15) is 14.4 Å². The minimum atomic E-state index is -0.206. The Morgan fingerprint density at radius 2 is 1.75 bits per heavy atom. The number of terminal acetylenes is 1. The maximum Gasteiger partial charge on any atom is 0.222 e. The van der Waals surface area contributed by atoms with Gasteiger partial charge >= 0.3 is 0 Å². The summed E-state index contributed by atoms with van der Waals surface area (Å²) in [6, 6.07) is 9.60. The van der Waals surface area contributed by atoms with Crippen LogP contribution in [0, 0.1) is 12.3 Å². The number of rotatable bonds is 9. The van der Waals surface area contributed by atoms with Crippen LogP contribution in [-0.2, 0) is 20.9 Å². The Kier molecular flexibility index (Phi) is 8.69. The fraction of sp³-hybridized carbons (Fsp3) is 0.389. The second kappa shape index (κ2) is 10.8. The third-order valence-electron chi connectivity index (χ3n) is 3.33. The summed E-state index contributed by atoms with van der Waals surface area (Å²) in [6.07, 6.45) is 5.40. The average Bonchev–Trinajstić information content (AvgIpc) is 2.57. The van der Waals surface area contributed by atoms with Crippen molar-refractivity contribution in [2.75, 3.05) is 19.6 Å². The highest BCUT2D eigenvalue weighted by molar-refractivity contribution is 5.80. The van der Waals surface area contributed by atoms with Crippen LogP contribution in [-0.4, -0.2) is 42.3 Å². The minimum absolute atomic E-state index is 0.0830. The van der Waals surface area contributed by atoms with Crippen molar-refractivity contribution in [3.05, 3.63) is 35.9 Å². The van der Waals surface area contributed by atoms with Crippen molar-refractivity contribution in [3.63, 3.8) is 0 Å². The van der Waals surface area contributed by atoms with Gasteiger partial charge in [-0.2, -0.15) is 0 Å². The summed E-state index contributed by atoms with van der Waals surface area (Å²) in [5.74, 6) is 1.82. The molecule has 2 N–H and O–H groups in total. The van der Waals surface area contributed by atoms with Crippen molar-refractivity contribution in [2.24, 2.45) is 0 Å². The van der Waals surface area contributed by atoms with E-state index in [1.807, 2.05) is 30.3 Å². The van der Waals surface area contributed by atoms with E-state index >= 15 is 0 Å². The standard InChI is InChI=1S/C18H23N3O3/c1-3-11-19-17(23)9-12-20-18(24)10-13-21(15(2)22)14-16-7-5-4-6-8-16/h1,4-8H,9-14H2,2H3,(H,19,23)(H,20,24). The maximum atomic E-state index is 11.8. The highest BCUT2D eigenvalue weighted by Crippen LogP contribution is 2.05. The zero-order valence-electron chi connectivity index (χ0n) is 13.9. The Labute approximate surface area is 142 Å². The Hall–Kier alpha value is -2.81. The molecule has 0 atom stereocenters. The lowest BCUT2D eigenvalue weighted by Crippen LogP contribution is -2.35. The van der Waals surface area contributed by atoms with Gasteiger partial charge in [-0.25, -0.2) is 0 Å². The summed E-state index contributed by atoms with van der Waals surface area (Å²) in [5.41, 5.74) is 1.01. The number of carbonyl (C=O) groups is 3. The van der Waals surface area contributed by atoms with Crippen molar-refractivity contribution >= 4 is 17.7 Å². The molecule has 0 aliphatic carbocycles. The molecule has 0 unspecified atom stereocenters. The largest absolute Gasteiger partial charge is 0.356 e. The molecular formula is C18H23N3O3. The zero-order chi connectivity index (χ0) is 17.8. The average molecular weight is 329 g/mol. The number of carbonyl (C=O) groups excluding carboxylic acids is 3. The molecule has 1 aromatic rings. The second-order valence-electron chi connectivity index (χ2n) is 5.26. The van der Waals surface area contributed by atoms with E-state index in [0.29, 0.717) is 13.1 Å². The van der Waals surface area contributed by atoms with Gasteiger partial charge in [-0.05, 0) is 5.56 Å². The Morgan fingerprint density at radius 3 is 2.38 bits per heavy atom. The van der Waals surface area contributed by atoms with Crippen molar-refractivity contribution in [1.82, 2.24) is 15.5 Å². The van der Waals surface area contributed by atoms with Gasteiger partial charge in [0, 0.05) is 39.4 Å². The number of hydrogen-bond acceptors (Lipinski definition) is 3. The highest BCUT2D eigenvalue weighted by Gasteiger charge is 2.12. The SMILES string of the molecule is C#CCNC(=O)CCNC(=O)CCN(Cc1ccccc1)C(C)=O. The van der Waals surface area contributed by atoms with Gasteiger partial charge in [-0.3, -0.25) is 14.4 Å². The van der Waals surface area contributed by atoms with E-state index in [1.54, 1.807) is 4.90 Å². The number of nitrogens with zero attached hydrogens (tertiary/aromatic N) is 1. The van der Waals surface area contributed by atoms with Gasteiger partial charge in [0.1, 0.15) is 0 Å². The molecule has 0 aromatic heterocycles. The molecule has 0 saturated carbocycles. The molecule has 6 nitrogen and oxygen atoms in total. The van der Waals surface area contributed by atoms with Crippen LogP contribution in [0.2, 0.25) is 0 Å². The van der Waals surface area contributed by atoms with Crippen molar-refractivity contribution in [3.8, 4) is 12.3 Å². The summed E-state index contributed by atoms with van der Waals surface area (Å²) in [4.78, 5) is 36.4. The number of amides is 3. The number of hydrogen-bond donors (Lipinski definition) is 2. The Bertz CT molecular complexity index is 593. The lowest BCUT2D eigenvalue weighted by atomic mass is 10.2. The van der Waals surface area contributed by atoms with Gasteiger partial charge in [0.05, 0.1) is 6.54 Å². The Morgan fingerprint density at radius 1 is 1.08 bits per heavy atom. The van der Waals surface area contributed by atoms with Crippen LogP contribution in [0.15, 0.2) is 30.3 Å². The molecule has 0 bridgehead atoms. The molecule has 24 heavy (non-hydrogen) atoms. The summed E-state index contributed by atoms with van der Waals surface area (Å²) >= 11 is 0. The van der Waals surface area contributed by atoms with Crippen LogP contribution in [0.4, 0.5) is 0 Å². The normalized spacial score (nSPS) is 9.67. The predicted molar refractivity (Wildman–Crippen MR) is 91.6 cm³/mol. The summed E-state index contributed by atoms with van der Waals surface area (Å²) in [7, 11) is 0. The van der Waals surface area contributed by atoms with Crippen molar-refractivity contribution in [1.29, 1.82) is 0 Å². The van der Waals surface area contributed by atoms with Crippen LogP contribution in [0.3, 0.4) is 0 Å². The topological polar surface area (TPSA) is 78.5 Å². The molecule has 0 spiro atoms. The summed E-state index contributed by atoms with van der Waals surface area (Å²) in [6.45, 7) is 2.71. The fourth-order valence-electron chi connectivity index (χ4n) is 2.03. The van der Waals surface area contributed by atoms with Gasteiger partial charge in [0.15, 0.2) is 0 Å². The first-order chi connectivity index (χ1) is 11.5. The van der Waals surface area contributed by atoms with Gasteiger partial charge in [-0.15, -0.1) is 6.42 Å². The van der Waals surface area contributed by atoms with E-state index in [4.69, 9.17) is 6.42 Å². The third kappa shape index (κ3) is 7.99. The van der Waals surface area contributed by atoms with Gasteiger partial charge in [0.2, 0.25) is 17.7 Å². The molecule has 0 fully saturated rings. The van der Waals surface area contributed by atoms with E-state index in [2.05, 4.69) is 16.6 Å². The minimum Gasteiger partial charge on any atom is -0.356 e. The van der Waals surface area contributed by atoms with Crippen LogP contribution in [0.1, 0.15) is 25.3 Å². The smallest absolute Gasteiger partial charge is 0.222 e. The lowest BCUT2D eigenvalue weighted by molar-refractivity contribution is -0.130. The first kappa shape index (κ1) is 19.2. The molecule has 0 aliphatic heterocycles. The molecule has 0 aliphatic rings. The number of benzene rings is 1. The Balaban J connectivity index is 2.31. The molecule has 1 aromatic carbocycles. The lowest BCUT2D eigenvalue weighted by Gasteiger charge is -2.21.